The number of carboxylic acids is 1. The third-order valence-corrected chi connectivity index (χ3v) is 4.34. The molecule has 0 aromatic heterocycles. The van der Waals surface area contributed by atoms with Gasteiger partial charge in [-0.15, -0.1) is 0 Å². The summed E-state index contributed by atoms with van der Waals surface area (Å²) in [7, 11) is 2.93. The Morgan fingerprint density at radius 1 is 0.962 bits per heavy atom. The van der Waals surface area contributed by atoms with E-state index in [2.05, 4.69) is 6.92 Å². The Labute approximate surface area is 164 Å². The van der Waals surface area contributed by atoms with E-state index in [1.165, 1.54) is 65.5 Å². The van der Waals surface area contributed by atoms with Crippen LogP contribution in [0.4, 0.5) is 0 Å². The molecule has 0 fully saturated rings. The van der Waals surface area contributed by atoms with Crippen LogP contribution < -0.4 is 5.11 Å². The number of nitrogens with zero attached hydrogens (tertiary/aromatic N) is 1. The summed E-state index contributed by atoms with van der Waals surface area (Å²) in [6, 6.07) is 0. The molecule has 0 bridgehead atoms. The smallest absolute Gasteiger partial charge is 0.306 e. The van der Waals surface area contributed by atoms with Crippen LogP contribution in [0.3, 0.4) is 0 Å². The maximum atomic E-state index is 12.0. The number of ether oxygens (including phenoxy) is 1. The molecule has 0 aliphatic rings. The van der Waals surface area contributed by atoms with E-state index < -0.39 is 35.9 Å². The standard InChI is InChI=1S/C21H41NO4/c1-5-6-7-8-9-10-11-12-13-14-15-16-21(25)26-19(17-20(23)24)18-22(2,3)4/h19H,5-18H2,1-4H3/t19-/m1/s1/i2D3. The molecule has 0 N–H and O–H groups in total. The monoisotopic (exact) mass is 374 g/mol. The lowest BCUT2D eigenvalue weighted by Crippen LogP contribution is -2.45. The van der Waals surface area contributed by atoms with Crippen molar-refractivity contribution in [2.75, 3.05) is 27.6 Å². The predicted octanol–water partition coefficient (Wildman–Crippen LogP) is 3.45. The Balaban J connectivity index is 4.04. The average molecular weight is 375 g/mol. The molecule has 0 unspecified atom stereocenters. The van der Waals surface area contributed by atoms with Crippen molar-refractivity contribution in [1.82, 2.24) is 0 Å². The molecular formula is C21H41NO4. The molecule has 0 rings (SSSR count). The summed E-state index contributed by atoms with van der Waals surface area (Å²) < 4.78 is 27.5. The highest BCUT2D eigenvalue weighted by atomic mass is 16.5. The summed E-state index contributed by atoms with van der Waals surface area (Å²) in [5.41, 5.74) is 0. The van der Waals surface area contributed by atoms with Gasteiger partial charge in [0.15, 0.2) is 6.10 Å². The summed E-state index contributed by atoms with van der Waals surface area (Å²) in [6.45, 7) is -0.211. The van der Waals surface area contributed by atoms with Gasteiger partial charge in [-0.05, 0) is 6.42 Å². The molecule has 0 aliphatic heterocycles. The van der Waals surface area contributed by atoms with Crippen LogP contribution >= 0.6 is 0 Å². The van der Waals surface area contributed by atoms with Gasteiger partial charge in [0, 0.05) is 18.8 Å². The third-order valence-electron chi connectivity index (χ3n) is 4.34. The third kappa shape index (κ3) is 17.7. The van der Waals surface area contributed by atoms with Gasteiger partial charge in [-0.2, -0.15) is 0 Å². The molecule has 0 aromatic rings. The number of aliphatic carboxylic acids is 1. The van der Waals surface area contributed by atoms with Gasteiger partial charge < -0.3 is 19.1 Å². The van der Waals surface area contributed by atoms with Crippen molar-refractivity contribution in [3.05, 3.63) is 0 Å². The second kappa shape index (κ2) is 15.0. The van der Waals surface area contributed by atoms with Crippen molar-refractivity contribution in [3.63, 3.8) is 0 Å². The number of carbonyl (C=O) groups excluding carboxylic acids is 2. The highest BCUT2D eigenvalue weighted by molar-refractivity contribution is 5.70. The Morgan fingerprint density at radius 3 is 1.92 bits per heavy atom. The summed E-state index contributed by atoms with van der Waals surface area (Å²) in [5.74, 6) is -1.83. The molecular weight excluding hydrogens is 330 g/mol. The Hall–Kier alpha value is -1.10. The van der Waals surface area contributed by atoms with Gasteiger partial charge in [-0.25, -0.2) is 0 Å². The molecule has 1 atom stereocenters. The Kier molecular flexibility index (Phi) is 11.3. The van der Waals surface area contributed by atoms with Crippen LogP contribution in [0.25, 0.3) is 0 Å². The highest BCUT2D eigenvalue weighted by Gasteiger charge is 2.22. The number of quaternary nitrogens is 1. The fourth-order valence-corrected chi connectivity index (χ4v) is 3.02. The summed E-state index contributed by atoms with van der Waals surface area (Å²) in [5, 5.41) is 10.9. The minimum atomic E-state index is -2.33. The minimum absolute atomic E-state index is 0.103. The van der Waals surface area contributed by atoms with Gasteiger partial charge in [-0.1, -0.05) is 71.1 Å². The fourth-order valence-electron chi connectivity index (χ4n) is 3.02. The van der Waals surface area contributed by atoms with Crippen LogP contribution in [0, 0.1) is 0 Å². The van der Waals surface area contributed by atoms with Gasteiger partial charge in [0.05, 0.1) is 25.2 Å². The number of likely N-dealkylation sites (N-methyl/N-ethyl adjacent to an activating group) is 1. The van der Waals surface area contributed by atoms with Crippen molar-refractivity contribution in [3.8, 4) is 0 Å². The van der Waals surface area contributed by atoms with Gasteiger partial charge in [0.1, 0.15) is 6.54 Å². The van der Waals surface area contributed by atoms with Crippen LogP contribution in [-0.4, -0.2) is 50.1 Å². The predicted molar refractivity (Wildman–Crippen MR) is 103 cm³/mol. The number of hydrogen-bond acceptors (Lipinski definition) is 4. The Morgan fingerprint density at radius 2 is 1.46 bits per heavy atom. The van der Waals surface area contributed by atoms with E-state index in [1.807, 2.05) is 0 Å². The van der Waals surface area contributed by atoms with Gasteiger partial charge in [0.25, 0.3) is 0 Å². The van der Waals surface area contributed by atoms with E-state index in [4.69, 9.17) is 8.85 Å². The summed E-state index contributed by atoms with van der Waals surface area (Å²) in [6.07, 6.45) is 11.7. The summed E-state index contributed by atoms with van der Waals surface area (Å²) >= 11 is 0. The Bertz CT molecular complexity index is 467. The fraction of sp³-hybridized carbons (Fsp3) is 0.905. The number of rotatable bonds is 17. The summed E-state index contributed by atoms with van der Waals surface area (Å²) in [4.78, 5) is 23.0. The molecule has 0 radical (unpaired) electrons. The molecule has 0 saturated heterocycles. The molecule has 5 heteroatoms. The minimum Gasteiger partial charge on any atom is -0.550 e. The SMILES string of the molecule is [2H]C([2H])([2H])[N+](C)(C)C[C@@H](CC(=O)[O-])OC(=O)CCCCCCCCCCCCC. The van der Waals surface area contributed by atoms with E-state index in [0.717, 1.165) is 12.8 Å². The van der Waals surface area contributed by atoms with Crippen LogP contribution in [0.5, 0.6) is 0 Å². The first kappa shape index (κ1) is 19.7. The maximum absolute atomic E-state index is 12.0. The lowest BCUT2D eigenvalue weighted by Gasteiger charge is -2.29. The highest BCUT2D eigenvalue weighted by Crippen LogP contribution is 2.13. The molecule has 0 heterocycles. The number of carbonyl (C=O) groups is 2. The molecule has 0 aliphatic carbocycles. The largest absolute Gasteiger partial charge is 0.550 e. The van der Waals surface area contributed by atoms with Crippen LogP contribution in [0.15, 0.2) is 0 Å². The molecule has 0 aromatic carbocycles. The quantitative estimate of drug-likeness (QED) is 0.222. The normalized spacial score (nSPS) is 15.0. The molecule has 0 spiro atoms. The topological polar surface area (TPSA) is 66.4 Å². The van der Waals surface area contributed by atoms with Gasteiger partial charge in [-0.3, -0.25) is 4.79 Å². The van der Waals surface area contributed by atoms with E-state index >= 15 is 0 Å². The first-order valence-electron chi connectivity index (χ1n) is 11.7. The molecule has 154 valence electrons. The zero-order valence-electron chi connectivity index (χ0n) is 20.1. The van der Waals surface area contributed by atoms with E-state index in [9.17, 15) is 14.7 Å². The van der Waals surface area contributed by atoms with Crippen molar-refractivity contribution in [1.29, 1.82) is 0 Å². The van der Waals surface area contributed by atoms with Gasteiger partial charge >= 0.3 is 5.97 Å². The van der Waals surface area contributed by atoms with E-state index in [-0.39, 0.29) is 13.0 Å². The van der Waals surface area contributed by atoms with Crippen molar-refractivity contribution in [2.24, 2.45) is 0 Å². The second-order valence-electron chi connectivity index (χ2n) is 7.84. The molecule has 0 saturated carbocycles. The maximum Gasteiger partial charge on any atom is 0.306 e. The first-order chi connectivity index (χ1) is 13.5. The van der Waals surface area contributed by atoms with E-state index in [1.54, 1.807) is 0 Å². The van der Waals surface area contributed by atoms with Gasteiger partial charge in [0.2, 0.25) is 0 Å². The molecule has 0 amide bonds. The van der Waals surface area contributed by atoms with Crippen molar-refractivity contribution >= 4 is 11.9 Å². The zero-order chi connectivity index (χ0) is 22.3. The van der Waals surface area contributed by atoms with Crippen molar-refractivity contribution < 1.29 is 28.0 Å². The first-order valence-corrected chi connectivity index (χ1v) is 10.2. The van der Waals surface area contributed by atoms with Crippen molar-refractivity contribution in [2.45, 2.75) is 96.5 Å². The van der Waals surface area contributed by atoms with Crippen LogP contribution in [-0.2, 0) is 14.3 Å². The lowest BCUT2D eigenvalue weighted by atomic mass is 10.1. The average Bonchev–Trinajstić information content (AvgIpc) is 2.57. The number of hydrogen-bond donors (Lipinski definition) is 0. The molecule has 5 nitrogen and oxygen atoms in total. The zero-order valence-corrected chi connectivity index (χ0v) is 17.1. The number of esters is 1. The van der Waals surface area contributed by atoms with E-state index in [0.29, 0.717) is 6.42 Å². The molecule has 26 heavy (non-hydrogen) atoms. The number of carboxylic acid groups (broad SMARTS) is 1. The second-order valence-corrected chi connectivity index (χ2v) is 7.84. The van der Waals surface area contributed by atoms with Crippen LogP contribution in [0.2, 0.25) is 0 Å². The number of unbranched alkanes of at least 4 members (excludes halogenated alkanes) is 10. The van der Waals surface area contributed by atoms with Crippen LogP contribution in [0.1, 0.15) is 94.5 Å². The lowest BCUT2D eigenvalue weighted by molar-refractivity contribution is -0.873.